The molecular weight excluding hydrogens is 284 g/mol. The monoisotopic (exact) mass is 300 g/mol. The van der Waals surface area contributed by atoms with E-state index >= 15 is 0 Å². The summed E-state index contributed by atoms with van der Waals surface area (Å²) in [5.41, 5.74) is 1.13. The Morgan fingerprint density at radius 1 is 1.53 bits per heavy atom. The number of rotatable bonds is 6. The first-order chi connectivity index (χ1) is 8.04. The van der Waals surface area contributed by atoms with E-state index in [4.69, 9.17) is 9.84 Å². The molecule has 0 aliphatic carbocycles. The van der Waals surface area contributed by atoms with E-state index < -0.39 is 5.97 Å². The fourth-order valence-electron chi connectivity index (χ4n) is 1.60. The van der Waals surface area contributed by atoms with Crippen LogP contribution in [0, 0.1) is 0 Å². The largest absolute Gasteiger partial charge is 0.493 e. The van der Waals surface area contributed by atoms with Gasteiger partial charge >= 0.3 is 5.97 Å². The average molecular weight is 301 g/mol. The van der Waals surface area contributed by atoms with Crippen LogP contribution < -0.4 is 4.74 Å². The van der Waals surface area contributed by atoms with Gasteiger partial charge in [0.15, 0.2) is 0 Å². The second-order valence-electron chi connectivity index (χ2n) is 3.96. The molecule has 1 N–H and O–H groups in total. The summed E-state index contributed by atoms with van der Waals surface area (Å²) in [4.78, 5) is 10.5. The van der Waals surface area contributed by atoms with Gasteiger partial charge in [-0.3, -0.25) is 4.79 Å². The molecule has 17 heavy (non-hydrogen) atoms. The van der Waals surface area contributed by atoms with E-state index in [0.29, 0.717) is 13.0 Å². The molecule has 1 unspecified atom stereocenters. The second kappa shape index (κ2) is 6.64. The van der Waals surface area contributed by atoms with Crippen LogP contribution in [-0.4, -0.2) is 17.7 Å². The number of carboxylic acids is 1. The number of carboxylic acid groups (broad SMARTS) is 1. The lowest BCUT2D eigenvalue weighted by Crippen LogP contribution is -2.00. The molecule has 0 spiro atoms. The summed E-state index contributed by atoms with van der Waals surface area (Å²) < 4.78 is 6.34. The smallest absolute Gasteiger partial charge is 0.303 e. The highest BCUT2D eigenvalue weighted by atomic mass is 79.9. The van der Waals surface area contributed by atoms with Gasteiger partial charge in [0.1, 0.15) is 5.75 Å². The maximum Gasteiger partial charge on any atom is 0.303 e. The minimum Gasteiger partial charge on any atom is -0.493 e. The minimum absolute atomic E-state index is 0.200. The maximum absolute atomic E-state index is 10.5. The zero-order valence-electron chi connectivity index (χ0n) is 10.1. The van der Waals surface area contributed by atoms with Crippen molar-refractivity contribution in [3.8, 4) is 5.75 Å². The lowest BCUT2D eigenvalue weighted by molar-refractivity contribution is -0.137. The first kappa shape index (κ1) is 14.0. The summed E-state index contributed by atoms with van der Waals surface area (Å²) in [6.07, 6.45) is 0.849. The van der Waals surface area contributed by atoms with Crippen molar-refractivity contribution in [2.75, 3.05) is 6.61 Å². The molecule has 0 amide bonds. The third kappa shape index (κ3) is 4.38. The van der Waals surface area contributed by atoms with Gasteiger partial charge in [-0.15, -0.1) is 0 Å². The minimum atomic E-state index is -0.748. The Balaban J connectivity index is 2.71. The van der Waals surface area contributed by atoms with Gasteiger partial charge in [-0.1, -0.05) is 13.0 Å². The number of halogens is 1. The highest BCUT2D eigenvalue weighted by Gasteiger charge is 2.10. The quantitative estimate of drug-likeness (QED) is 0.869. The van der Waals surface area contributed by atoms with Crippen LogP contribution >= 0.6 is 15.9 Å². The number of hydrogen-bond donors (Lipinski definition) is 1. The SMILES string of the molecule is CCOc1ccc(C(C)CCC(=O)O)cc1Br. The first-order valence-corrected chi connectivity index (χ1v) is 6.48. The summed E-state index contributed by atoms with van der Waals surface area (Å²) in [7, 11) is 0. The molecule has 0 fully saturated rings. The summed E-state index contributed by atoms with van der Waals surface area (Å²) in [6, 6.07) is 5.90. The van der Waals surface area contributed by atoms with Crippen molar-refractivity contribution in [2.24, 2.45) is 0 Å². The van der Waals surface area contributed by atoms with Crippen molar-refractivity contribution in [1.29, 1.82) is 0 Å². The molecule has 0 saturated heterocycles. The topological polar surface area (TPSA) is 46.5 Å². The fraction of sp³-hybridized carbons (Fsp3) is 0.462. The van der Waals surface area contributed by atoms with Crippen LogP contribution in [0.3, 0.4) is 0 Å². The number of benzene rings is 1. The Labute approximate surface area is 110 Å². The molecule has 1 atom stereocenters. The van der Waals surface area contributed by atoms with E-state index in [1.807, 2.05) is 32.0 Å². The van der Waals surface area contributed by atoms with E-state index in [2.05, 4.69) is 15.9 Å². The van der Waals surface area contributed by atoms with Gasteiger partial charge in [-0.2, -0.15) is 0 Å². The number of ether oxygens (including phenoxy) is 1. The highest BCUT2D eigenvalue weighted by molar-refractivity contribution is 9.10. The molecule has 4 heteroatoms. The Hall–Kier alpha value is -1.03. The third-order valence-corrected chi connectivity index (χ3v) is 3.24. The van der Waals surface area contributed by atoms with E-state index in [1.165, 1.54) is 0 Å². The van der Waals surface area contributed by atoms with Crippen molar-refractivity contribution in [1.82, 2.24) is 0 Å². The summed E-state index contributed by atoms with van der Waals surface area (Å²) in [5.74, 6) is 0.307. The second-order valence-corrected chi connectivity index (χ2v) is 4.81. The molecule has 0 heterocycles. The van der Waals surface area contributed by atoms with E-state index in [-0.39, 0.29) is 12.3 Å². The number of aliphatic carboxylic acids is 1. The molecule has 0 bridgehead atoms. The van der Waals surface area contributed by atoms with Crippen LogP contribution in [0.4, 0.5) is 0 Å². The van der Waals surface area contributed by atoms with Gasteiger partial charge in [-0.25, -0.2) is 0 Å². The van der Waals surface area contributed by atoms with Gasteiger partial charge in [0, 0.05) is 6.42 Å². The lowest BCUT2D eigenvalue weighted by Gasteiger charge is -2.13. The predicted molar refractivity (Wildman–Crippen MR) is 70.6 cm³/mol. The summed E-state index contributed by atoms with van der Waals surface area (Å²) in [6.45, 7) is 4.60. The van der Waals surface area contributed by atoms with Crippen molar-refractivity contribution >= 4 is 21.9 Å². The third-order valence-electron chi connectivity index (χ3n) is 2.62. The Morgan fingerprint density at radius 3 is 2.76 bits per heavy atom. The van der Waals surface area contributed by atoms with Crippen molar-refractivity contribution in [3.63, 3.8) is 0 Å². The van der Waals surface area contributed by atoms with Gasteiger partial charge in [0.2, 0.25) is 0 Å². The van der Waals surface area contributed by atoms with Crippen LogP contribution in [-0.2, 0) is 4.79 Å². The molecule has 0 aromatic heterocycles. The zero-order valence-corrected chi connectivity index (χ0v) is 11.7. The van der Waals surface area contributed by atoms with E-state index in [1.54, 1.807) is 0 Å². The summed E-state index contributed by atoms with van der Waals surface area (Å²) in [5, 5.41) is 8.65. The maximum atomic E-state index is 10.5. The number of carbonyl (C=O) groups is 1. The molecule has 3 nitrogen and oxygen atoms in total. The highest BCUT2D eigenvalue weighted by Crippen LogP contribution is 2.30. The normalized spacial score (nSPS) is 12.2. The van der Waals surface area contributed by atoms with Gasteiger partial charge in [0.05, 0.1) is 11.1 Å². The van der Waals surface area contributed by atoms with Crippen LogP contribution in [0.5, 0.6) is 5.75 Å². The fourth-order valence-corrected chi connectivity index (χ4v) is 2.11. The molecule has 94 valence electrons. The van der Waals surface area contributed by atoms with Crippen molar-refractivity contribution in [3.05, 3.63) is 28.2 Å². The molecule has 0 aliphatic heterocycles. The van der Waals surface area contributed by atoms with Crippen LogP contribution in [0.1, 0.15) is 38.2 Å². The van der Waals surface area contributed by atoms with Gasteiger partial charge in [-0.05, 0) is 52.9 Å². The van der Waals surface area contributed by atoms with E-state index in [9.17, 15) is 4.79 Å². The lowest BCUT2D eigenvalue weighted by atomic mass is 9.96. The van der Waals surface area contributed by atoms with Gasteiger partial charge in [0.25, 0.3) is 0 Å². The van der Waals surface area contributed by atoms with Crippen molar-refractivity contribution in [2.45, 2.75) is 32.6 Å². The molecule has 0 saturated carbocycles. The molecule has 1 aromatic rings. The van der Waals surface area contributed by atoms with Crippen LogP contribution in [0.15, 0.2) is 22.7 Å². The average Bonchev–Trinajstić information content (AvgIpc) is 2.28. The van der Waals surface area contributed by atoms with Crippen LogP contribution in [0.2, 0.25) is 0 Å². The van der Waals surface area contributed by atoms with Crippen molar-refractivity contribution < 1.29 is 14.6 Å². The number of hydrogen-bond acceptors (Lipinski definition) is 2. The zero-order chi connectivity index (χ0) is 12.8. The molecule has 1 aromatic carbocycles. The molecule has 0 aliphatic rings. The van der Waals surface area contributed by atoms with Crippen LogP contribution in [0.25, 0.3) is 0 Å². The van der Waals surface area contributed by atoms with E-state index in [0.717, 1.165) is 15.8 Å². The Kier molecular flexibility index (Phi) is 5.48. The molecular formula is C13H17BrO3. The summed E-state index contributed by atoms with van der Waals surface area (Å²) >= 11 is 3.46. The first-order valence-electron chi connectivity index (χ1n) is 5.68. The Morgan fingerprint density at radius 2 is 2.24 bits per heavy atom. The molecule has 0 radical (unpaired) electrons. The van der Waals surface area contributed by atoms with Gasteiger partial charge < -0.3 is 9.84 Å². The standard InChI is InChI=1S/C13H17BrO3/c1-3-17-12-6-5-10(8-11(12)14)9(2)4-7-13(15)16/h5-6,8-9H,3-4,7H2,1-2H3,(H,15,16). The molecule has 1 rings (SSSR count). The predicted octanol–water partition coefficient (Wildman–Crippen LogP) is 3.82. The Bertz CT molecular complexity index is 390.